The SMILES string of the molecule is O=C(Cc1ccccc1)c1ccc2c(c1)C1CCC2N1CCC1CCC(NC(=O)c2ccc(Cl)c3ncccc23)CC1. The van der Waals surface area contributed by atoms with E-state index in [9.17, 15) is 9.59 Å². The molecule has 1 amide bonds. The molecule has 1 saturated heterocycles. The maximum atomic E-state index is 13.2. The monoisotopic (exact) mass is 577 g/mol. The second-order valence-corrected chi connectivity index (χ2v) is 12.7. The number of fused-ring (bicyclic) bond motifs is 6. The Bertz CT molecular complexity index is 1630. The molecular formula is C36H36ClN3O2. The minimum absolute atomic E-state index is 0.0406. The second-order valence-electron chi connectivity index (χ2n) is 12.3. The molecule has 3 aromatic carbocycles. The fraction of sp³-hybridized carbons (Fsp3) is 0.361. The summed E-state index contributed by atoms with van der Waals surface area (Å²) >= 11 is 6.30. The fourth-order valence-corrected chi connectivity index (χ4v) is 7.81. The first kappa shape index (κ1) is 27.3. The van der Waals surface area contributed by atoms with Gasteiger partial charge < -0.3 is 5.32 Å². The molecule has 1 N–H and O–H groups in total. The molecule has 214 valence electrons. The molecule has 1 aromatic heterocycles. The van der Waals surface area contributed by atoms with E-state index in [1.54, 1.807) is 18.3 Å². The van der Waals surface area contributed by atoms with Crippen LogP contribution in [0.1, 0.15) is 94.4 Å². The third kappa shape index (κ3) is 5.25. The number of aromatic nitrogens is 1. The number of halogens is 1. The van der Waals surface area contributed by atoms with Crippen LogP contribution in [0.15, 0.2) is 79.0 Å². The Morgan fingerprint density at radius 2 is 1.64 bits per heavy atom. The number of hydrogen-bond acceptors (Lipinski definition) is 4. The van der Waals surface area contributed by atoms with E-state index < -0.39 is 0 Å². The fourth-order valence-electron chi connectivity index (χ4n) is 7.59. The van der Waals surface area contributed by atoms with Crippen molar-refractivity contribution in [3.63, 3.8) is 0 Å². The van der Waals surface area contributed by atoms with Crippen molar-refractivity contribution in [2.45, 2.75) is 69.5 Å². The Balaban J connectivity index is 0.928. The van der Waals surface area contributed by atoms with Crippen molar-refractivity contribution in [2.75, 3.05) is 6.54 Å². The number of amides is 1. The Kier molecular flexibility index (Phi) is 7.55. The van der Waals surface area contributed by atoms with Crippen molar-refractivity contribution in [3.05, 3.63) is 112 Å². The Hall–Kier alpha value is -3.54. The molecule has 1 saturated carbocycles. The van der Waals surface area contributed by atoms with Crippen molar-refractivity contribution in [2.24, 2.45) is 5.92 Å². The van der Waals surface area contributed by atoms with E-state index in [2.05, 4.69) is 27.3 Å². The zero-order valence-corrected chi connectivity index (χ0v) is 24.5. The predicted octanol–water partition coefficient (Wildman–Crippen LogP) is 7.88. The lowest BCUT2D eigenvalue weighted by Crippen LogP contribution is -2.38. The highest BCUT2D eigenvalue weighted by Crippen LogP contribution is 2.53. The van der Waals surface area contributed by atoms with Gasteiger partial charge in [-0.2, -0.15) is 0 Å². The highest BCUT2D eigenvalue weighted by atomic mass is 35.5. The quantitative estimate of drug-likeness (QED) is 0.216. The van der Waals surface area contributed by atoms with E-state index in [0.717, 1.165) is 48.7 Å². The second kappa shape index (κ2) is 11.6. The number of benzene rings is 3. The molecule has 42 heavy (non-hydrogen) atoms. The van der Waals surface area contributed by atoms with Crippen molar-refractivity contribution in [1.82, 2.24) is 15.2 Å². The van der Waals surface area contributed by atoms with Crippen LogP contribution in [0.25, 0.3) is 10.9 Å². The van der Waals surface area contributed by atoms with Gasteiger partial charge in [-0.05, 0) is 98.4 Å². The van der Waals surface area contributed by atoms with Crippen molar-refractivity contribution >= 4 is 34.2 Å². The smallest absolute Gasteiger partial charge is 0.252 e. The van der Waals surface area contributed by atoms with Crippen LogP contribution in [-0.2, 0) is 6.42 Å². The summed E-state index contributed by atoms with van der Waals surface area (Å²) in [6, 6.07) is 24.9. The number of ketones is 1. The van der Waals surface area contributed by atoms with Gasteiger partial charge in [0.15, 0.2) is 5.78 Å². The molecule has 7 rings (SSSR count). The van der Waals surface area contributed by atoms with Gasteiger partial charge >= 0.3 is 0 Å². The van der Waals surface area contributed by atoms with Gasteiger partial charge in [-0.15, -0.1) is 0 Å². The van der Waals surface area contributed by atoms with E-state index in [1.807, 2.05) is 48.5 Å². The number of nitrogens with zero attached hydrogens (tertiary/aromatic N) is 2. The topological polar surface area (TPSA) is 62.3 Å². The summed E-state index contributed by atoms with van der Waals surface area (Å²) < 4.78 is 0. The molecule has 3 heterocycles. The van der Waals surface area contributed by atoms with E-state index >= 15 is 0 Å². The first-order valence-electron chi connectivity index (χ1n) is 15.4. The molecule has 0 spiro atoms. The number of carbonyl (C=O) groups excluding carboxylic acids is 2. The van der Waals surface area contributed by atoms with E-state index in [-0.39, 0.29) is 17.7 Å². The number of pyridine rings is 1. The van der Waals surface area contributed by atoms with Crippen LogP contribution in [0, 0.1) is 5.92 Å². The highest BCUT2D eigenvalue weighted by molar-refractivity contribution is 6.35. The summed E-state index contributed by atoms with van der Waals surface area (Å²) in [5.41, 5.74) is 6.02. The van der Waals surface area contributed by atoms with E-state index in [0.29, 0.717) is 40.5 Å². The maximum Gasteiger partial charge on any atom is 0.252 e. The van der Waals surface area contributed by atoms with Crippen molar-refractivity contribution in [3.8, 4) is 0 Å². The van der Waals surface area contributed by atoms with Crippen LogP contribution in [0.2, 0.25) is 5.02 Å². The third-order valence-electron chi connectivity index (χ3n) is 9.79. The summed E-state index contributed by atoms with van der Waals surface area (Å²) in [4.78, 5) is 33.2. The molecule has 2 atom stereocenters. The molecule has 2 bridgehead atoms. The first-order valence-corrected chi connectivity index (χ1v) is 15.7. The van der Waals surface area contributed by atoms with E-state index in [1.165, 1.54) is 30.4 Å². The van der Waals surface area contributed by atoms with Crippen molar-refractivity contribution in [1.29, 1.82) is 0 Å². The lowest BCUT2D eigenvalue weighted by atomic mass is 9.84. The van der Waals surface area contributed by atoms with Crippen LogP contribution < -0.4 is 5.32 Å². The minimum atomic E-state index is -0.0406. The first-order chi connectivity index (χ1) is 20.5. The normalized spacial score (nSPS) is 23.2. The molecular weight excluding hydrogens is 542 g/mol. The molecule has 3 aliphatic rings. The summed E-state index contributed by atoms with van der Waals surface area (Å²) in [7, 11) is 0. The summed E-state index contributed by atoms with van der Waals surface area (Å²) in [6.07, 6.45) is 10.0. The number of nitrogens with one attached hydrogen (secondary N) is 1. The Morgan fingerprint density at radius 1 is 0.857 bits per heavy atom. The number of Topliss-reactive ketones (excluding diaryl/α,β-unsaturated/α-hetero) is 1. The minimum Gasteiger partial charge on any atom is -0.349 e. The summed E-state index contributed by atoms with van der Waals surface area (Å²) in [5.74, 6) is 0.842. The molecule has 2 fully saturated rings. The average molecular weight is 578 g/mol. The van der Waals surface area contributed by atoms with Gasteiger partial charge in [-0.3, -0.25) is 19.5 Å². The molecule has 5 nitrogen and oxygen atoms in total. The summed E-state index contributed by atoms with van der Waals surface area (Å²) in [5, 5.41) is 4.64. The maximum absolute atomic E-state index is 13.2. The standard InChI is InChI=1S/C36H36ClN3O2/c37-31-15-14-29(28-7-4-19-38-35(28)31)36(42)39-26-11-8-23(9-12-26)18-20-40-32-16-17-33(40)30-22-25(10-13-27(30)32)34(41)21-24-5-2-1-3-6-24/h1-7,10,13-15,19,22-23,26,32-33H,8-9,11-12,16-18,20-21H2,(H,39,42). The lowest BCUT2D eigenvalue weighted by molar-refractivity contribution is 0.0919. The van der Waals surface area contributed by atoms with Crippen LogP contribution in [0.5, 0.6) is 0 Å². The van der Waals surface area contributed by atoms with Crippen LogP contribution >= 0.6 is 11.6 Å². The molecule has 0 radical (unpaired) electrons. The highest BCUT2D eigenvalue weighted by Gasteiger charge is 2.43. The average Bonchev–Trinajstić information content (AvgIpc) is 3.57. The largest absolute Gasteiger partial charge is 0.349 e. The number of rotatable bonds is 8. The number of hydrogen-bond donors (Lipinski definition) is 1. The molecule has 2 aliphatic heterocycles. The zero-order valence-electron chi connectivity index (χ0n) is 23.8. The predicted molar refractivity (Wildman–Crippen MR) is 167 cm³/mol. The van der Waals surface area contributed by atoms with E-state index in [4.69, 9.17) is 11.6 Å². The van der Waals surface area contributed by atoms with Crippen LogP contribution in [0.4, 0.5) is 0 Å². The molecule has 1 aliphatic carbocycles. The van der Waals surface area contributed by atoms with Gasteiger partial charge in [0.2, 0.25) is 0 Å². The Morgan fingerprint density at radius 3 is 2.45 bits per heavy atom. The van der Waals surface area contributed by atoms with Crippen molar-refractivity contribution < 1.29 is 9.59 Å². The molecule has 4 aromatic rings. The molecule has 2 unspecified atom stereocenters. The number of carbonyl (C=O) groups is 2. The van der Waals surface area contributed by atoms with Gasteiger partial charge in [-0.1, -0.05) is 60.1 Å². The van der Waals surface area contributed by atoms with Gasteiger partial charge in [0, 0.05) is 47.3 Å². The third-order valence-corrected chi connectivity index (χ3v) is 10.1. The van der Waals surface area contributed by atoms with Gasteiger partial charge in [0.05, 0.1) is 10.5 Å². The van der Waals surface area contributed by atoms with Gasteiger partial charge in [-0.25, -0.2) is 0 Å². The van der Waals surface area contributed by atoms with Crippen LogP contribution in [0.3, 0.4) is 0 Å². The summed E-state index contributed by atoms with van der Waals surface area (Å²) in [6.45, 7) is 1.10. The van der Waals surface area contributed by atoms with Crippen LogP contribution in [-0.4, -0.2) is 34.2 Å². The Labute approximate surface area is 252 Å². The lowest BCUT2D eigenvalue weighted by Gasteiger charge is -2.31. The zero-order chi connectivity index (χ0) is 28.6. The van der Waals surface area contributed by atoms with Gasteiger partial charge in [0.25, 0.3) is 5.91 Å². The molecule has 6 heteroatoms. The van der Waals surface area contributed by atoms with Gasteiger partial charge in [0.1, 0.15) is 0 Å².